The highest BCUT2D eigenvalue weighted by Crippen LogP contribution is 2.29. The first-order valence-corrected chi connectivity index (χ1v) is 6.68. The van der Waals surface area contributed by atoms with Crippen LogP contribution >= 0.6 is 0 Å². The van der Waals surface area contributed by atoms with Crippen molar-refractivity contribution in [3.05, 3.63) is 36.8 Å². The molecule has 0 saturated heterocycles. The van der Waals surface area contributed by atoms with Crippen LogP contribution in [0.2, 0.25) is 0 Å². The van der Waals surface area contributed by atoms with E-state index in [1.54, 1.807) is 23.2 Å². The summed E-state index contributed by atoms with van der Waals surface area (Å²) >= 11 is 0. The van der Waals surface area contributed by atoms with Crippen LogP contribution < -0.4 is 4.90 Å². The second-order valence-corrected chi connectivity index (χ2v) is 5.04. The van der Waals surface area contributed by atoms with E-state index in [-0.39, 0.29) is 0 Å². The van der Waals surface area contributed by atoms with Gasteiger partial charge in [0.15, 0.2) is 0 Å². The number of hydrogen-bond donors (Lipinski definition) is 0. The van der Waals surface area contributed by atoms with E-state index in [0.29, 0.717) is 6.04 Å². The van der Waals surface area contributed by atoms with Gasteiger partial charge in [0.2, 0.25) is 5.95 Å². The molecule has 20 heavy (non-hydrogen) atoms. The Morgan fingerprint density at radius 1 is 1.20 bits per heavy atom. The van der Waals surface area contributed by atoms with Gasteiger partial charge in [-0.25, -0.2) is 9.97 Å². The van der Waals surface area contributed by atoms with Gasteiger partial charge in [0.05, 0.1) is 17.4 Å². The van der Waals surface area contributed by atoms with Crippen molar-refractivity contribution in [1.29, 1.82) is 0 Å². The molecule has 6 heteroatoms. The van der Waals surface area contributed by atoms with Crippen molar-refractivity contribution in [2.45, 2.75) is 18.9 Å². The van der Waals surface area contributed by atoms with Crippen LogP contribution in [0.3, 0.4) is 0 Å². The standard InChI is InChI=1S/C14H14N6/c1-19(10-4-5-10)14-15-8-6-12(18-14)11-9-17-20-13(11)3-2-7-16-20/h2-3,6-10H,4-5H2,1H3. The topological polar surface area (TPSA) is 59.2 Å². The molecule has 0 aliphatic heterocycles. The highest BCUT2D eigenvalue weighted by molar-refractivity contribution is 5.77. The van der Waals surface area contributed by atoms with Gasteiger partial charge >= 0.3 is 0 Å². The lowest BCUT2D eigenvalue weighted by molar-refractivity contribution is 0.800. The fourth-order valence-electron chi connectivity index (χ4n) is 2.32. The number of fused-ring (bicyclic) bond motifs is 1. The zero-order valence-corrected chi connectivity index (χ0v) is 11.1. The van der Waals surface area contributed by atoms with E-state index < -0.39 is 0 Å². The molecule has 3 heterocycles. The molecule has 1 aliphatic rings. The Labute approximate surface area is 116 Å². The van der Waals surface area contributed by atoms with Gasteiger partial charge in [0, 0.05) is 31.0 Å². The summed E-state index contributed by atoms with van der Waals surface area (Å²) in [6, 6.07) is 6.39. The Morgan fingerprint density at radius 3 is 2.95 bits per heavy atom. The van der Waals surface area contributed by atoms with Crippen LogP contribution in [0.5, 0.6) is 0 Å². The van der Waals surface area contributed by atoms with E-state index in [2.05, 4.69) is 32.1 Å². The first-order valence-electron chi connectivity index (χ1n) is 6.68. The van der Waals surface area contributed by atoms with E-state index in [0.717, 1.165) is 22.7 Å². The SMILES string of the molecule is CN(c1nccc(-c2cnn3ncccc23)n1)C1CC1. The molecule has 1 aliphatic carbocycles. The van der Waals surface area contributed by atoms with Gasteiger partial charge in [0.25, 0.3) is 0 Å². The minimum absolute atomic E-state index is 0.593. The van der Waals surface area contributed by atoms with Gasteiger partial charge in [-0.05, 0) is 31.0 Å². The van der Waals surface area contributed by atoms with E-state index >= 15 is 0 Å². The number of nitrogens with zero attached hydrogens (tertiary/aromatic N) is 6. The van der Waals surface area contributed by atoms with E-state index in [4.69, 9.17) is 0 Å². The zero-order valence-electron chi connectivity index (χ0n) is 11.1. The van der Waals surface area contributed by atoms with Crippen molar-refractivity contribution in [1.82, 2.24) is 24.8 Å². The molecule has 0 aromatic carbocycles. The lowest BCUT2D eigenvalue weighted by atomic mass is 10.2. The summed E-state index contributed by atoms with van der Waals surface area (Å²) < 4.78 is 1.61. The lowest BCUT2D eigenvalue weighted by Gasteiger charge is -2.16. The molecule has 3 aromatic heterocycles. The molecular formula is C14H14N6. The highest BCUT2D eigenvalue weighted by atomic mass is 15.4. The molecule has 1 saturated carbocycles. The Morgan fingerprint density at radius 2 is 2.10 bits per heavy atom. The fraction of sp³-hybridized carbons (Fsp3) is 0.286. The third kappa shape index (κ3) is 1.80. The molecule has 0 bridgehead atoms. The van der Waals surface area contributed by atoms with Gasteiger partial charge in [-0.1, -0.05) is 0 Å². The normalized spacial score (nSPS) is 14.7. The van der Waals surface area contributed by atoms with Gasteiger partial charge in [0.1, 0.15) is 0 Å². The summed E-state index contributed by atoms with van der Waals surface area (Å²) in [7, 11) is 2.05. The van der Waals surface area contributed by atoms with Crippen molar-refractivity contribution in [2.75, 3.05) is 11.9 Å². The average molecular weight is 266 g/mol. The van der Waals surface area contributed by atoms with Crippen LogP contribution in [-0.2, 0) is 0 Å². The average Bonchev–Trinajstić information content (AvgIpc) is 3.26. The highest BCUT2D eigenvalue weighted by Gasteiger charge is 2.28. The molecule has 0 atom stereocenters. The molecule has 100 valence electrons. The predicted octanol–water partition coefficient (Wildman–Crippen LogP) is 1.78. The summed E-state index contributed by atoms with van der Waals surface area (Å²) in [6.45, 7) is 0. The van der Waals surface area contributed by atoms with E-state index in [1.807, 2.05) is 18.2 Å². The lowest BCUT2D eigenvalue weighted by Crippen LogP contribution is -2.21. The largest absolute Gasteiger partial charge is 0.341 e. The van der Waals surface area contributed by atoms with Gasteiger partial charge in [-0.2, -0.15) is 14.8 Å². The molecular weight excluding hydrogens is 252 g/mol. The third-order valence-electron chi connectivity index (χ3n) is 3.63. The summed E-state index contributed by atoms with van der Waals surface area (Å²) in [5.74, 6) is 0.772. The molecule has 3 aromatic rings. The maximum atomic E-state index is 4.66. The maximum absolute atomic E-state index is 4.66. The van der Waals surface area contributed by atoms with Crippen LogP contribution in [0.1, 0.15) is 12.8 Å². The van der Waals surface area contributed by atoms with Gasteiger partial charge in [-0.3, -0.25) is 0 Å². The Hall–Kier alpha value is -2.50. The number of hydrogen-bond acceptors (Lipinski definition) is 5. The van der Waals surface area contributed by atoms with E-state index in [1.165, 1.54) is 12.8 Å². The van der Waals surface area contributed by atoms with Crippen molar-refractivity contribution in [3.63, 3.8) is 0 Å². The summed E-state index contributed by atoms with van der Waals surface area (Å²) in [6.07, 6.45) is 7.77. The van der Waals surface area contributed by atoms with Gasteiger partial charge < -0.3 is 4.90 Å². The van der Waals surface area contributed by atoms with Crippen LogP contribution in [0.4, 0.5) is 5.95 Å². The van der Waals surface area contributed by atoms with Crippen LogP contribution in [-0.4, -0.2) is 37.9 Å². The molecule has 0 amide bonds. The second kappa shape index (κ2) is 4.26. The fourth-order valence-corrected chi connectivity index (χ4v) is 2.32. The van der Waals surface area contributed by atoms with Gasteiger partial charge in [-0.15, -0.1) is 0 Å². The molecule has 4 rings (SSSR count). The molecule has 0 radical (unpaired) electrons. The van der Waals surface area contributed by atoms with Crippen LogP contribution in [0, 0.1) is 0 Å². The minimum Gasteiger partial charge on any atom is -0.341 e. The molecule has 0 unspecified atom stereocenters. The quantitative estimate of drug-likeness (QED) is 0.723. The minimum atomic E-state index is 0.593. The first-order chi connectivity index (χ1) is 9.83. The Kier molecular flexibility index (Phi) is 2.42. The molecule has 0 spiro atoms. The van der Waals surface area contributed by atoms with Crippen molar-refractivity contribution >= 4 is 11.5 Å². The van der Waals surface area contributed by atoms with Crippen LogP contribution in [0.25, 0.3) is 16.8 Å². The number of aromatic nitrogens is 5. The molecule has 1 fully saturated rings. The molecule has 6 nitrogen and oxygen atoms in total. The zero-order chi connectivity index (χ0) is 13.5. The van der Waals surface area contributed by atoms with Crippen LogP contribution in [0.15, 0.2) is 36.8 Å². The van der Waals surface area contributed by atoms with Crippen molar-refractivity contribution < 1.29 is 0 Å². The summed E-state index contributed by atoms with van der Waals surface area (Å²) in [5, 5.41) is 8.42. The predicted molar refractivity (Wildman–Crippen MR) is 75.4 cm³/mol. The Balaban J connectivity index is 1.79. The van der Waals surface area contributed by atoms with Crippen molar-refractivity contribution in [3.8, 4) is 11.3 Å². The van der Waals surface area contributed by atoms with Crippen molar-refractivity contribution in [2.24, 2.45) is 0 Å². The number of anilines is 1. The maximum Gasteiger partial charge on any atom is 0.225 e. The third-order valence-corrected chi connectivity index (χ3v) is 3.63. The second-order valence-electron chi connectivity index (χ2n) is 5.04. The summed E-state index contributed by atoms with van der Waals surface area (Å²) in [5.41, 5.74) is 2.81. The molecule has 0 N–H and O–H groups in total. The first kappa shape index (κ1) is 11.3. The monoisotopic (exact) mass is 266 g/mol. The van der Waals surface area contributed by atoms with E-state index in [9.17, 15) is 0 Å². The summed E-state index contributed by atoms with van der Waals surface area (Å²) in [4.78, 5) is 11.2. The smallest absolute Gasteiger partial charge is 0.225 e. The Bertz CT molecular complexity index is 761. The number of rotatable bonds is 3.